The zero-order valence-electron chi connectivity index (χ0n) is 15.2. The molecule has 6 heteroatoms. The van der Waals surface area contributed by atoms with Gasteiger partial charge in [0.15, 0.2) is 5.96 Å². The number of nitrogens with one attached hydrogen (secondary N) is 1. The van der Waals surface area contributed by atoms with Gasteiger partial charge in [-0.2, -0.15) is 0 Å². The monoisotopic (exact) mass is 459 g/mol. The van der Waals surface area contributed by atoms with E-state index in [0.29, 0.717) is 12.1 Å². The molecule has 0 aliphatic heterocycles. The third kappa shape index (κ3) is 4.22. The first kappa shape index (κ1) is 20.3. The molecule has 1 aromatic rings. The highest BCUT2D eigenvalue weighted by Crippen LogP contribution is 2.54. The van der Waals surface area contributed by atoms with Crippen molar-refractivity contribution in [3.63, 3.8) is 0 Å². The Morgan fingerprint density at radius 2 is 2.00 bits per heavy atom. The summed E-state index contributed by atoms with van der Waals surface area (Å²) in [6, 6.07) is 8.01. The number of para-hydroxylation sites is 2. The molecular formula is C19H30IN3O2. The Kier molecular flexibility index (Phi) is 7.37. The third-order valence-electron chi connectivity index (χ3n) is 5.56. The summed E-state index contributed by atoms with van der Waals surface area (Å²) in [5, 5.41) is 3.19. The van der Waals surface area contributed by atoms with Gasteiger partial charge in [-0.25, -0.2) is 4.99 Å². The van der Waals surface area contributed by atoms with Crippen LogP contribution in [0.3, 0.4) is 0 Å². The number of nitrogens with two attached hydrogens (primary N) is 1. The van der Waals surface area contributed by atoms with Crippen LogP contribution in [0.15, 0.2) is 29.3 Å². The number of hydrogen-bond donors (Lipinski definition) is 2. The Labute approximate surface area is 167 Å². The number of benzene rings is 1. The molecule has 3 rings (SSSR count). The highest BCUT2D eigenvalue weighted by atomic mass is 127. The Balaban J connectivity index is 0.00000225. The van der Waals surface area contributed by atoms with Crippen LogP contribution in [0.4, 0.5) is 5.69 Å². The lowest BCUT2D eigenvalue weighted by Crippen LogP contribution is -2.58. The van der Waals surface area contributed by atoms with E-state index in [0.717, 1.165) is 24.5 Å². The molecule has 2 aliphatic carbocycles. The van der Waals surface area contributed by atoms with Crippen molar-refractivity contribution in [1.82, 2.24) is 0 Å². The highest BCUT2D eigenvalue weighted by Gasteiger charge is 2.55. The van der Waals surface area contributed by atoms with Crippen molar-refractivity contribution in [3.05, 3.63) is 24.3 Å². The van der Waals surface area contributed by atoms with Crippen LogP contribution >= 0.6 is 24.0 Å². The molecule has 25 heavy (non-hydrogen) atoms. The number of methoxy groups -OCH3 is 1. The van der Waals surface area contributed by atoms with Crippen molar-refractivity contribution in [2.45, 2.75) is 57.6 Å². The molecule has 0 aromatic heterocycles. The molecule has 3 N–H and O–H groups in total. The van der Waals surface area contributed by atoms with E-state index >= 15 is 0 Å². The van der Waals surface area contributed by atoms with E-state index in [1.54, 1.807) is 7.11 Å². The van der Waals surface area contributed by atoms with Gasteiger partial charge in [0.25, 0.3) is 0 Å². The summed E-state index contributed by atoms with van der Waals surface area (Å²) in [6.07, 6.45) is 7.59. The van der Waals surface area contributed by atoms with Gasteiger partial charge in [-0.1, -0.05) is 31.4 Å². The summed E-state index contributed by atoms with van der Waals surface area (Å²) >= 11 is 0. The Morgan fingerprint density at radius 1 is 1.28 bits per heavy atom. The SMILES string of the molecule is CCOC1CC(N=C(N)Nc2ccccc2OC)C12CCCCC2.I. The topological polar surface area (TPSA) is 68.9 Å². The fourth-order valence-electron chi connectivity index (χ4n) is 4.29. The number of ether oxygens (including phenoxy) is 2. The van der Waals surface area contributed by atoms with Gasteiger partial charge in [-0.15, -0.1) is 24.0 Å². The number of hydrogen-bond acceptors (Lipinski definition) is 3. The van der Waals surface area contributed by atoms with E-state index in [9.17, 15) is 0 Å². The largest absolute Gasteiger partial charge is 0.495 e. The van der Waals surface area contributed by atoms with Crippen LogP contribution < -0.4 is 15.8 Å². The minimum absolute atomic E-state index is 0. The summed E-state index contributed by atoms with van der Waals surface area (Å²) in [7, 11) is 1.66. The van der Waals surface area contributed by atoms with Gasteiger partial charge in [0.05, 0.1) is 24.9 Å². The van der Waals surface area contributed by atoms with Crippen molar-refractivity contribution in [3.8, 4) is 5.75 Å². The standard InChI is InChI=1S/C19H29N3O2.HI/c1-3-24-17-13-16(19(17)11-7-4-8-12-19)22-18(20)21-14-9-5-6-10-15(14)23-2;/h5-6,9-10,16-17H,3-4,7-8,11-13H2,1-2H3,(H3,20,21,22);1H. The predicted molar refractivity (Wildman–Crippen MR) is 113 cm³/mol. The molecule has 0 radical (unpaired) electrons. The molecule has 0 amide bonds. The molecule has 0 heterocycles. The zero-order chi connectivity index (χ0) is 17.0. The second-order valence-electron chi connectivity index (χ2n) is 6.83. The fourth-order valence-corrected chi connectivity index (χ4v) is 4.29. The van der Waals surface area contributed by atoms with E-state index in [1.165, 1.54) is 32.1 Å². The quantitative estimate of drug-likeness (QED) is 0.394. The number of guanidine groups is 1. The van der Waals surface area contributed by atoms with Crippen LogP contribution in [0.5, 0.6) is 5.75 Å². The lowest BCUT2D eigenvalue weighted by Gasteiger charge is -2.55. The smallest absolute Gasteiger partial charge is 0.193 e. The first-order valence-electron chi connectivity index (χ1n) is 9.04. The lowest BCUT2D eigenvalue weighted by molar-refractivity contribution is -0.139. The van der Waals surface area contributed by atoms with Crippen molar-refractivity contribution < 1.29 is 9.47 Å². The van der Waals surface area contributed by atoms with E-state index in [2.05, 4.69) is 12.2 Å². The normalized spacial score (nSPS) is 25.0. The van der Waals surface area contributed by atoms with E-state index in [-0.39, 0.29) is 35.4 Å². The first-order chi connectivity index (χ1) is 11.7. The minimum Gasteiger partial charge on any atom is -0.495 e. The van der Waals surface area contributed by atoms with Crippen LogP contribution in [0.2, 0.25) is 0 Å². The average molecular weight is 459 g/mol. The number of halogens is 1. The second-order valence-corrected chi connectivity index (χ2v) is 6.83. The van der Waals surface area contributed by atoms with Crippen molar-refractivity contribution in [1.29, 1.82) is 0 Å². The fraction of sp³-hybridized carbons (Fsp3) is 0.632. The maximum absolute atomic E-state index is 6.19. The van der Waals surface area contributed by atoms with Crippen LogP contribution in [-0.4, -0.2) is 31.8 Å². The summed E-state index contributed by atoms with van der Waals surface area (Å²) in [5.74, 6) is 1.23. The van der Waals surface area contributed by atoms with Crippen LogP contribution in [0.25, 0.3) is 0 Å². The van der Waals surface area contributed by atoms with Gasteiger partial charge in [0.1, 0.15) is 5.75 Å². The van der Waals surface area contributed by atoms with Gasteiger partial charge >= 0.3 is 0 Å². The second kappa shape index (κ2) is 9.07. The van der Waals surface area contributed by atoms with Gasteiger partial charge in [-0.05, 0) is 38.3 Å². The summed E-state index contributed by atoms with van der Waals surface area (Å²) < 4.78 is 11.3. The van der Waals surface area contributed by atoms with E-state index in [1.807, 2.05) is 24.3 Å². The first-order valence-corrected chi connectivity index (χ1v) is 9.04. The Morgan fingerprint density at radius 3 is 2.68 bits per heavy atom. The number of rotatable bonds is 5. The number of nitrogens with zero attached hydrogens (tertiary/aromatic N) is 1. The van der Waals surface area contributed by atoms with E-state index in [4.69, 9.17) is 20.2 Å². The molecule has 0 saturated heterocycles. The van der Waals surface area contributed by atoms with Gasteiger partial charge in [0, 0.05) is 12.0 Å². The van der Waals surface area contributed by atoms with Crippen LogP contribution in [0, 0.1) is 5.41 Å². The Hall–Kier alpha value is -1.02. The molecule has 2 aliphatic rings. The van der Waals surface area contributed by atoms with Crippen molar-refractivity contribution >= 4 is 35.6 Å². The van der Waals surface area contributed by atoms with E-state index < -0.39 is 0 Å². The molecule has 2 saturated carbocycles. The maximum Gasteiger partial charge on any atom is 0.193 e. The highest BCUT2D eigenvalue weighted by molar-refractivity contribution is 14.0. The van der Waals surface area contributed by atoms with Gasteiger partial charge in [-0.3, -0.25) is 0 Å². The molecule has 1 spiro atoms. The Bertz CT molecular complexity index is 588. The summed E-state index contributed by atoms with van der Waals surface area (Å²) in [6.45, 7) is 2.85. The summed E-state index contributed by atoms with van der Waals surface area (Å²) in [4.78, 5) is 4.81. The maximum atomic E-state index is 6.19. The average Bonchev–Trinajstić information content (AvgIpc) is 2.62. The molecule has 2 atom stereocenters. The predicted octanol–water partition coefficient (Wildman–Crippen LogP) is 4.17. The minimum atomic E-state index is 0. The number of anilines is 1. The molecule has 140 valence electrons. The lowest BCUT2D eigenvalue weighted by atomic mass is 9.55. The summed E-state index contributed by atoms with van der Waals surface area (Å²) in [5.41, 5.74) is 7.23. The third-order valence-corrected chi connectivity index (χ3v) is 5.56. The van der Waals surface area contributed by atoms with Crippen molar-refractivity contribution in [2.75, 3.05) is 19.0 Å². The van der Waals surface area contributed by atoms with Crippen molar-refractivity contribution in [2.24, 2.45) is 16.1 Å². The zero-order valence-corrected chi connectivity index (χ0v) is 17.5. The van der Waals surface area contributed by atoms with Gasteiger partial charge in [0.2, 0.25) is 0 Å². The van der Waals surface area contributed by atoms with Gasteiger partial charge < -0.3 is 20.5 Å². The molecular weight excluding hydrogens is 429 g/mol. The molecule has 5 nitrogen and oxygen atoms in total. The molecule has 0 bridgehead atoms. The van der Waals surface area contributed by atoms with Crippen LogP contribution in [0.1, 0.15) is 45.4 Å². The van der Waals surface area contributed by atoms with Crippen LogP contribution in [-0.2, 0) is 4.74 Å². The molecule has 2 fully saturated rings. The molecule has 2 unspecified atom stereocenters. The number of aliphatic imine (C=N–C) groups is 1. The molecule has 1 aromatic carbocycles.